The maximum absolute atomic E-state index is 11.8. The van der Waals surface area contributed by atoms with Crippen molar-refractivity contribution >= 4 is 12.0 Å². The minimum absolute atomic E-state index is 0.0540. The van der Waals surface area contributed by atoms with Crippen molar-refractivity contribution in [1.82, 2.24) is 5.16 Å². The molecule has 0 amide bonds. The Morgan fingerprint density at radius 1 is 1.19 bits per heavy atom. The fourth-order valence-electron chi connectivity index (χ4n) is 2.18. The van der Waals surface area contributed by atoms with Gasteiger partial charge >= 0.3 is 5.97 Å². The van der Waals surface area contributed by atoms with Crippen LogP contribution in [0.2, 0.25) is 0 Å². The van der Waals surface area contributed by atoms with Gasteiger partial charge in [-0.25, -0.2) is 4.79 Å². The molecule has 2 rings (SSSR count). The molecular weight excluding hydrogens is 334 g/mol. The molecule has 0 N–H and O–H groups in total. The van der Waals surface area contributed by atoms with E-state index < -0.39 is 5.97 Å². The molecule has 0 bridgehead atoms. The Labute approximate surface area is 153 Å². The van der Waals surface area contributed by atoms with Gasteiger partial charge in [0.1, 0.15) is 0 Å². The fraction of sp³-hybridized carbons (Fsp3) is 0.400. The van der Waals surface area contributed by atoms with E-state index in [4.69, 9.17) is 18.7 Å². The fourth-order valence-corrected chi connectivity index (χ4v) is 2.18. The number of unbranched alkanes of at least 4 members (excludes halogenated alkanes) is 1. The molecule has 0 aliphatic carbocycles. The molecule has 1 aromatic heterocycles. The van der Waals surface area contributed by atoms with Gasteiger partial charge in [0, 0.05) is 12.1 Å². The lowest BCUT2D eigenvalue weighted by atomic mass is 10.2. The van der Waals surface area contributed by atoms with E-state index >= 15 is 0 Å². The molecule has 0 fully saturated rings. The molecule has 1 heterocycles. The van der Waals surface area contributed by atoms with E-state index in [0.717, 1.165) is 24.1 Å². The quantitative estimate of drug-likeness (QED) is 0.357. The number of aromatic nitrogens is 1. The van der Waals surface area contributed by atoms with Gasteiger partial charge in [-0.3, -0.25) is 0 Å². The first-order valence-corrected chi connectivity index (χ1v) is 8.79. The van der Waals surface area contributed by atoms with Crippen LogP contribution in [-0.4, -0.2) is 24.3 Å². The average Bonchev–Trinajstić information content (AvgIpc) is 3.05. The number of rotatable bonds is 10. The highest BCUT2D eigenvalue weighted by molar-refractivity contribution is 5.87. The van der Waals surface area contributed by atoms with Gasteiger partial charge in [0.2, 0.25) is 0 Å². The van der Waals surface area contributed by atoms with Crippen molar-refractivity contribution in [3.8, 4) is 11.5 Å². The predicted molar refractivity (Wildman–Crippen MR) is 98.1 cm³/mol. The maximum atomic E-state index is 11.8. The molecule has 1 aromatic carbocycles. The Bertz CT molecular complexity index is 736. The third kappa shape index (κ3) is 6.27. The number of aryl methyl sites for hydroxylation is 1. The van der Waals surface area contributed by atoms with Gasteiger partial charge in [-0.2, -0.15) is 0 Å². The van der Waals surface area contributed by atoms with Crippen molar-refractivity contribution in [2.24, 2.45) is 0 Å². The van der Waals surface area contributed by atoms with E-state index in [1.165, 1.54) is 6.08 Å². The molecular formula is C20H25NO5. The molecule has 0 unspecified atom stereocenters. The number of carbonyl (C=O) groups excluding carboxylic acids is 1. The van der Waals surface area contributed by atoms with Crippen molar-refractivity contribution in [3.05, 3.63) is 47.4 Å². The molecule has 140 valence electrons. The van der Waals surface area contributed by atoms with Crippen molar-refractivity contribution in [1.29, 1.82) is 0 Å². The van der Waals surface area contributed by atoms with Crippen LogP contribution in [0.25, 0.3) is 6.08 Å². The number of hydrogen-bond acceptors (Lipinski definition) is 6. The smallest absolute Gasteiger partial charge is 0.331 e. The number of benzene rings is 1. The SMILES string of the molecule is CCCCOc1ccc(/C=C/C(=O)OCc2cc(C)no2)cc1OCC. The van der Waals surface area contributed by atoms with Crippen LogP contribution in [0.4, 0.5) is 0 Å². The summed E-state index contributed by atoms with van der Waals surface area (Å²) in [7, 11) is 0. The average molecular weight is 359 g/mol. The van der Waals surface area contributed by atoms with Crippen molar-refractivity contribution in [2.75, 3.05) is 13.2 Å². The molecule has 0 aliphatic rings. The summed E-state index contributed by atoms with van der Waals surface area (Å²) in [5.74, 6) is 1.42. The second kappa shape index (κ2) is 10.3. The van der Waals surface area contributed by atoms with Gasteiger partial charge in [0.05, 0.1) is 18.9 Å². The molecule has 0 saturated heterocycles. The Hall–Kier alpha value is -2.76. The van der Waals surface area contributed by atoms with Crippen LogP contribution in [0.1, 0.15) is 43.7 Å². The highest BCUT2D eigenvalue weighted by atomic mass is 16.5. The summed E-state index contributed by atoms with van der Waals surface area (Å²) in [5.41, 5.74) is 1.57. The van der Waals surface area contributed by atoms with Gasteiger partial charge < -0.3 is 18.7 Å². The minimum atomic E-state index is -0.458. The molecule has 0 atom stereocenters. The topological polar surface area (TPSA) is 70.8 Å². The number of nitrogens with zero attached hydrogens (tertiary/aromatic N) is 1. The van der Waals surface area contributed by atoms with Gasteiger partial charge in [0.25, 0.3) is 0 Å². The van der Waals surface area contributed by atoms with E-state index in [1.54, 1.807) is 19.1 Å². The normalized spacial score (nSPS) is 10.9. The molecule has 6 nitrogen and oxygen atoms in total. The van der Waals surface area contributed by atoms with E-state index in [2.05, 4.69) is 12.1 Å². The van der Waals surface area contributed by atoms with Gasteiger partial charge in [-0.05, 0) is 44.0 Å². The molecule has 0 saturated carbocycles. The summed E-state index contributed by atoms with van der Waals surface area (Å²) in [6, 6.07) is 7.29. The summed E-state index contributed by atoms with van der Waals surface area (Å²) in [5, 5.41) is 3.74. The van der Waals surface area contributed by atoms with Crippen molar-refractivity contribution in [2.45, 2.75) is 40.2 Å². The molecule has 2 aromatic rings. The van der Waals surface area contributed by atoms with Crippen LogP contribution in [-0.2, 0) is 16.1 Å². The minimum Gasteiger partial charge on any atom is -0.490 e. The van der Waals surface area contributed by atoms with Gasteiger partial charge in [-0.1, -0.05) is 24.6 Å². The Balaban J connectivity index is 1.95. The highest BCUT2D eigenvalue weighted by Crippen LogP contribution is 2.29. The lowest BCUT2D eigenvalue weighted by molar-refractivity contribution is -0.139. The predicted octanol–water partition coefficient (Wildman–Crippen LogP) is 4.32. The lowest BCUT2D eigenvalue weighted by Crippen LogP contribution is -2.01. The lowest BCUT2D eigenvalue weighted by Gasteiger charge is -2.12. The zero-order valence-corrected chi connectivity index (χ0v) is 15.5. The van der Waals surface area contributed by atoms with Crippen LogP contribution in [0.3, 0.4) is 0 Å². The standard InChI is InChI=1S/C20H25NO5/c1-4-6-11-24-18-9-7-16(13-19(18)23-5-2)8-10-20(22)25-14-17-12-15(3)21-26-17/h7-10,12-13H,4-6,11,14H2,1-3H3/b10-8+. The third-order valence-electron chi connectivity index (χ3n) is 3.47. The molecule has 0 aliphatic heterocycles. The summed E-state index contributed by atoms with van der Waals surface area (Å²) < 4.78 is 21.5. The molecule has 6 heteroatoms. The molecule has 26 heavy (non-hydrogen) atoms. The van der Waals surface area contributed by atoms with Gasteiger partial charge in [0.15, 0.2) is 23.9 Å². The first-order chi connectivity index (χ1) is 12.6. The monoisotopic (exact) mass is 359 g/mol. The van der Waals surface area contributed by atoms with E-state index in [1.807, 2.05) is 25.1 Å². The van der Waals surface area contributed by atoms with Crippen LogP contribution in [0.15, 0.2) is 34.9 Å². The Morgan fingerprint density at radius 3 is 2.73 bits per heavy atom. The first kappa shape index (κ1) is 19.6. The zero-order chi connectivity index (χ0) is 18.8. The summed E-state index contributed by atoms with van der Waals surface area (Å²) in [4.78, 5) is 11.8. The number of esters is 1. The van der Waals surface area contributed by atoms with E-state index in [0.29, 0.717) is 30.5 Å². The van der Waals surface area contributed by atoms with Crippen LogP contribution in [0.5, 0.6) is 11.5 Å². The zero-order valence-electron chi connectivity index (χ0n) is 15.5. The Kier molecular flexibility index (Phi) is 7.74. The first-order valence-electron chi connectivity index (χ1n) is 8.79. The highest BCUT2D eigenvalue weighted by Gasteiger charge is 2.07. The van der Waals surface area contributed by atoms with E-state index in [9.17, 15) is 4.79 Å². The van der Waals surface area contributed by atoms with Crippen LogP contribution < -0.4 is 9.47 Å². The third-order valence-corrected chi connectivity index (χ3v) is 3.47. The van der Waals surface area contributed by atoms with Crippen molar-refractivity contribution in [3.63, 3.8) is 0 Å². The number of hydrogen-bond donors (Lipinski definition) is 0. The van der Waals surface area contributed by atoms with Crippen LogP contribution in [0, 0.1) is 6.92 Å². The molecule has 0 radical (unpaired) electrons. The summed E-state index contributed by atoms with van der Waals surface area (Å²) in [6.45, 7) is 7.08. The van der Waals surface area contributed by atoms with Crippen molar-refractivity contribution < 1.29 is 23.5 Å². The van der Waals surface area contributed by atoms with E-state index in [-0.39, 0.29) is 6.61 Å². The van der Waals surface area contributed by atoms with Crippen LogP contribution >= 0.6 is 0 Å². The van der Waals surface area contributed by atoms with Gasteiger partial charge in [-0.15, -0.1) is 0 Å². The number of ether oxygens (including phenoxy) is 3. The summed E-state index contributed by atoms with van der Waals surface area (Å²) >= 11 is 0. The maximum Gasteiger partial charge on any atom is 0.331 e. The second-order valence-corrected chi connectivity index (χ2v) is 5.72. The second-order valence-electron chi connectivity index (χ2n) is 5.72. The Morgan fingerprint density at radius 2 is 2.04 bits per heavy atom. The summed E-state index contributed by atoms with van der Waals surface area (Å²) in [6.07, 6.45) is 5.10. The molecule has 0 spiro atoms. The number of carbonyl (C=O) groups is 1. The largest absolute Gasteiger partial charge is 0.490 e.